The van der Waals surface area contributed by atoms with E-state index in [1.165, 1.54) is 0 Å². The number of benzene rings is 1. The molecule has 0 N–H and O–H groups in total. The van der Waals surface area contributed by atoms with Crippen LogP contribution in [0.1, 0.15) is 26.3 Å². The molecule has 20 heavy (non-hydrogen) atoms. The lowest BCUT2D eigenvalue weighted by Gasteiger charge is -2.13. The second kappa shape index (κ2) is 7.55. The Bertz CT molecular complexity index is 602. The number of hydrogen-bond acceptors (Lipinski definition) is 3. The molecule has 0 spiro atoms. The summed E-state index contributed by atoms with van der Waals surface area (Å²) in [4.78, 5) is 0. The first-order chi connectivity index (χ1) is 9.34. The van der Waals surface area contributed by atoms with Gasteiger partial charge in [-0.1, -0.05) is 54.9 Å². The van der Waals surface area contributed by atoms with E-state index >= 15 is 0 Å². The molecule has 0 saturated carbocycles. The Morgan fingerprint density at radius 1 is 1.25 bits per heavy atom. The Balaban J connectivity index is 2.95. The second-order valence-electron chi connectivity index (χ2n) is 4.93. The van der Waals surface area contributed by atoms with Crippen molar-refractivity contribution in [3.05, 3.63) is 35.9 Å². The summed E-state index contributed by atoms with van der Waals surface area (Å²) in [5.74, 6) is 0.240. The summed E-state index contributed by atoms with van der Waals surface area (Å²) >= 11 is 0. The van der Waals surface area contributed by atoms with Crippen molar-refractivity contribution in [2.75, 3.05) is 5.75 Å². The molecule has 4 nitrogen and oxygen atoms in total. The minimum absolute atomic E-state index is 0.0784. The first-order valence-electron chi connectivity index (χ1n) is 6.43. The summed E-state index contributed by atoms with van der Waals surface area (Å²) in [6, 6.07) is 11.2. The van der Waals surface area contributed by atoms with Gasteiger partial charge in [-0.2, -0.15) is 5.26 Å². The van der Waals surface area contributed by atoms with E-state index in [9.17, 15) is 8.42 Å². The summed E-state index contributed by atoms with van der Waals surface area (Å²) in [6.07, 6.45) is 0. The van der Waals surface area contributed by atoms with Gasteiger partial charge in [0.05, 0.1) is 17.7 Å². The summed E-state index contributed by atoms with van der Waals surface area (Å²) in [7, 11) is -4.14. The largest absolute Gasteiger partial charge is 0.262 e. The number of sulfonamides is 1. The fraction of sp³-hybridized carbons (Fsp3) is 0.500. The highest BCUT2D eigenvalue weighted by Gasteiger charge is 2.15. The summed E-state index contributed by atoms with van der Waals surface area (Å²) in [5, 5.41) is 8.98. The van der Waals surface area contributed by atoms with Crippen LogP contribution in [0.25, 0.3) is 0 Å². The van der Waals surface area contributed by atoms with Crippen LogP contribution in [0, 0.1) is 17.2 Å². The van der Waals surface area contributed by atoms with Crippen LogP contribution < -0.4 is 0 Å². The third-order valence-electron chi connectivity index (χ3n) is 2.59. The maximum Gasteiger partial charge on any atom is 0.262 e. The van der Waals surface area contributed by atoms with Crippen LogP contribution in [0.3, 0.4) is 0 Å². The van der Waals surface area contributed by atoms with Crippen LogP contribution in [0.4, 0.5) is 0 Å². The third kappa shape index (κ3) is 5.85. The number of nitrogens with zero attached hydrogens (tertiary/aromatic N) is 2. The molecule has 0 aliphatic heterocycles. The van der Waals surface area contributed by atoms with Gasteiger partial charge in [-0.3, -0.25) is 0 Å². The highest BCUT2D eigenvalue weighted by atomic mass is 32.3. The molecular formula is C14H20N2O2S2. The van der Waals surface area contributed by atoms with Gasteiger partial charge in [0.1, 0.15) is 0 Å². The van der Waals surface area contributed by atoms with Gasteiger partial charge in [-0.15, -0.1) is 3.77 Å². The topological polar surface area (TPSA) is 70.3 Å². The van der Waals surface area contributed by atoms with Crippen LogP contribution >= 0.6 is 0 Å². The van der Waals surface area contributed by atoms with Crippen LogP contribution in [-0.4, -0.2) is 19.4 Å². The summed E-state index contributed by atoms with van der Waals surface area (Å²) in [5.41, 5.74) is 0.733. The normalized spacial score (nSPS) is 14.9. The predicted molar refractivity (Wildman–Crippen MR) is 83.6 cm³/mol. The molecule has 2 unspecified atom stereocenters. The van der Waals surface area contributed by atoms with Crippen molar-refractivity contribution in [1.29, 1.82) is 5.26 Å². The van der Waals surface area contributed by atoms with Crippen LogP contribution in [-0.2, 0) is 26.5 Å². The molecule has 0 saturated heterocycles. The Labute approximate surface area is 124 Å². The van der Waals surface area contributed by atoms with E-state index in [2.05, 4.69) is 9.84 Å². The molecule has 0 amide bonds. The average Bonchev–Trinajstić information content (AvgIpc) is 2.38. The molecule has 6 heteroatoms. The van der Waals surface area contributed by atoms with Crippen molar-refractivity contribution in [1.82, 2.24) is 0 Å². The molecule has 0 aliphatic rings. The quantitative estimate of drug-likeness (QED) is 0.811. The zero-order valence-corrected chi connectivity index (χ0v) is 13.6. The first kappa shape index (κ1) is 16.9. The Kier molecular flexibility index (Phi) is 6.37. The van der Waals surface area contributed by atoms with Gasteiger partial charge in [-0.25, -0.2) is 8.42 Å². The molecule has 1 rings (SSSR count). The van der Waals surface area contributed by atoms with E-state index in [0.29, 0.717) is 5.75 Å². The van der Waals surface area contributed by atoms with Crippen molar-refractivity contribution in [2.45, 2.75) is 31.8 Å². The van der Waals surface area contributed by atoms with Crippen molar-refractivity contribution in [2.24, 2.45) is 9.69 Å². The molecule has 0 fully saturated rings. The molecule has 2 atom stereocenters. The Morgan fingerprint density at radius 3 is 2.35 bits per heavy atom. The molecule has 0 aliphatic carbocycles. The highest BCUT2D eigenvalue weighted by molar-refractivity contribution is 8.00. The summed E-state index contributed by atoms with van der Waals surface area (Å²) in [6.45, 7) is 5.67. The van der Waals surface area contributed by atoms with Gasteiger partial charge in [0.2, 0.25) is 0 Å². The second-order valence-corrected chi connectivity index (χ2v) is 9.06. The van der Waals surface area contributed by atoms with E-state index in [1.807, 2.05) is 32.0 Å². The lowest BCUT2D eigenvalue weighted by atomic mass is 10.2. The zero-order chi connectivity index (χ0) is 15.2. The molecular weight excluding hydrogens is 292 g/mol. The molecule has 0 radical (unpaired) electrons. The van der Waals surface area contributed by atoms with E-state index in [0.717, 1.165) is 5.56 Å². The van der Waals surface area contributed by atoms with Gasteiger partial charge < -0.3 is 0 Å². The van der Waals surface area contributed by atoms with E-state index in [-0.39, 0.29) is 16.9 Å². The maximum atomic E-state index is 12.1. The molecule has 0 heterocycles. The zero-order valence-electron chi connectivity index (χ0n) is 12.0. The highest BCUT2D eigenvalue weighted by Crippen LogP contribution is 2.13. The number of nitriles is 1. The fourth-order valence-electron chi connectivity index (χ4n) is 1.56. The van der Waals surface area contributed by atoms with Crippen molar-refractivity contribution in [3.8, 4) is 6.07 Å². The van der Waals surface area contributed by atoms with Gasteiger partial charge in [0.25, 0.3) is 10.0 Å². The van der Waals surface area contributed by atoms with Gasteiger partial charge in [0, 0.05) is 11.0 Å². The van der Waals surface area contributed by atoms with E-state index in [4.69, 9.17) is 5.26 Å². The molecule has 1 aromatic carbocycles. The number of hydrogen-bond donors (Lipinski definition) is 0. The molecule has 0 bridgehead atoms. The first-order valence-corrected chi connectivity index (χ1v) is 9.45. The standard InChI is InChI=1S/C14H20N2O2S2/c1-12(2)19(10-13(3)9-15)16-20(17,18)11-14-7-5-4-6-8-14/h4-8,12-13H,10-11H2,1-3H3. The van der Waals surface area contributed by atoms with Crippen LogP contribution in [0.5, 0.6) is 0 Å². The van der Waals surface area contributed by atoms with Crippen LogP contribution in [0.15, 0.2) is 34.1 Å². The van der Waals surface area contributed by atoms with Crippen molar-refractivity contribution < 1.29 is 8.42 Å². The molecule has 110 valence electrons. The van der Waals surface area contributed by atoms with Gasteiger partial charge in [-0.05, 0) is 12.5 Å². The molecule has 0 aromatic heterocycles. The maximum absolute atomic E-state index is 12.1. The smallest absolute Gasteiger partial charge is 0.204 e. The van der Waals surface area contributed by atoms with Crippen LogP contribution in [0.2, 0.25) is 0 Å². The lowest BCUT2D eigenvalue weighted by Crippen LogP contribution is -2.17. The Hall–Kier alpha value is -1.19. The van der Waals surface area contributed by atoms with Gasteiger partial charge >= 0.3 is 0 Å². The van der Waals surface area contributed by atoms with E-state index in [1.54, 1.807) is 19.1 Å². The van der Waals surface area contributed by atoms with Gasteiger partial charge in [0.15, 0.2) is 0 Å². The minimum atomic E-state index is -3.50. The van der Waals surface area contributed by atoms with Crippen molar-refractivity contribution >= 4 is 20.7 Å². The average molecular weight is 312 g/mol. The SMILES string of the molecule is CC(C#N)CS(=NS(=O)(=O)Cc1ccccc1)C(C)C. The molecule has 1 aromatic rings. The van der Waals surface area contributed by atoms with Crippen molar-refractivity contribution in [3.63, 3.8) is 0 Å². The lowest BCUT2D eigenvalue weighted by molar-refractivity contribution is 0.597. The minimum Gasteiger partial charge on any atom is -0.204 e. The third-order valence-corrected chi connectivity index (χ3v) is 6.89. The van der Waals surface area contributed by atoms with E-state index < -0.39 is 20.7 Å². The number of rotatable bonds is 6. The monoisotopic (exact) mass is 312 g/mol. The Morgan fingerprint density at radius 2 is 1.85 bits per heavy atom. The summed E-state index contributed by atoms with van der Waals surface area (Å²) < 4.78 is 28.3. The predicted octanol–water partition coefficient (Wildman–Crippen LogP) is 2.89. The fourth-order valence-corrected chi connectivity index (χ4v) is 5.45.